The van der Waals surface area contributed by atoms with Crippen molar-refractivity contribution in [3.63, 3.8) is 0 Å². The van der Waals surface area contributed by atoms with Gasteiger partial charge < -0.3 is 12.7 Å². The zero-order valence-corrected chi connectivity index (χ0v) is 6.33. The van der Waals surface area contributed by atoms with Crippen molar-refractivity contribution < 1.29 is 21.1 Å². The van der Waals surface area contributed by atoms with Gasteiger partial charge in [0.15, 0.2) is 0 Å². The molecule has 0 amide bonds. The Bertz CT molecular complexity index is 6.85. The summed E-state index contributed by atoms with van der Waals surface area (Å²) in [5, 5.41) is 0. The van der Waals surface area contributed by atoms with Crippen LogP contribution in [0.15, 0.2) is 0 Å². The minimum Gasteiger partial charge on any atom is -0.486 e. The zero-order chi connectivity index (χ0) is 4.00. The molecule has 0 saturated heterocycles. The second-order valence-electron chi connectivity index (χ2n) is 0. The Morgan fingerprint density at radius 2 is 1.20 bits per heavy atom. The van der Waals surface area contributed by atoms with Crippen molar-refractivity contribution in [3.8, 4) is 0 Å². The Balaban J connectivity index is -0.0000000133. The van der Waals surface area contributed by atoms with Crippen LogP contribution in [-0.4, -0.2) is 0 Å². The van der Waals surface area contributed by atoms with Crippen molar-refractivity contribution in [1.82, 2.24) is 0 Å². The van der Waals surface area contributed by atoms with Gasteiger partial charge >= 0.3 is 21.1 Å². The first-order chi connectivity index (χ1) is 2.00. The van der Waals surface area contributed by atoms with E-state index in [-0.39, 0.29) is 21.1 Å². The van der Waals surface area contributed by atoms with Gasteiger partial charge in [0.05, 0.1) is 0 Å². The molecule has 0 radical (unpaired) electrons. The quantitative estimate of drug-likeness (QED) is 0.618. The van der Waals surface area contributed by atoms with Crippen LogP contribution in [0, 0.1) is 14.0 Å². The first-order valence-electron chi connectivity index (χ1n) is 1.12. The Morgan fingerprint density at radius 1 is 1.20 bits per heavy atom. The number of hydrogen-bond acceptors (Lipinski definition) is 1. The molecule has 0 bridgehead atoms. The number of rotatable bonds is 0. The van der Waals surface area contributed by atoms with E-state index in [1.54, 1.807) is 6.92 Å². The molecule has 2 N–H and O–H groups in total. The maximum absolute atomic E-state index is 4.25. The van der Waals surface area contributed by atoms with E-state index in [0.29, 0.717) is 0 Å². The molecule has 2 heteroatoms. The van der Waals surface area contributed by atoms with Crippen LogP contribution in [0.5, 0.6) is 0 Å². The summed E-state index contributed by atoms with van der Waals surface area (Å²) in [7, 11) is 2.75. The van der Waals surface area contributed by atoms with Gasteiger partial charge in [-0.3, -0.25) is 7.05 Å². The van der Waals surface area contributed by atoms with E-state index in [1.807, 2.05) is 0 Å². The van der Waals surface area contributed by atoms with E-state index < -0.39 is 0 Å². The molecule has 0 aliphatic carbocycles. The maximum Gasteiger partial charge on any atom is 2.00 e. The van der Waals surface area contributed by atoms with Gasteiger partial charge in [0.2, 0.25) is 0 Å². The second kappa shape index (κ2) is 147. The molecule has 0 atom stereocenters. The summed E-state index contributed by atoms with van der Waals surface area (Å²) >= 11 is 0. The Labute approximate surface area is 48.2 Å². The summed E-state index contributed by atoms with van der Waals surface area (Å²) in [4.78, 5) is 0. The predicted octanol–water partition coefficient (Wildman–Crippen LogP) is 0.575. The van der Waals surface area contributed by atoms with Gasteiger partial charge in [0.1, 0.15) is 0 Å². The van der Waals surface area contributed by atoms with Gasteiger partial charge in [-0.15, -0.1) is 0 Å². The minimum atomic E-state index is 0. The number of nitrogens with two attached hydrogens (primary N) is 1. The van der Waals surface area contributed by atoms with E-state index in [1.165, 1.54) is 0 Å². The fraction of sp³-hybridized carbons (Fsp3) is 0.333. The molecule has 1 nitrogen and oxygen atoms in total. The first-order valence-corrected chi connectivity index (χ1v) is 1.12. The predicted molar refractivity (Wildman–Crippen MR) is 20.6 cm³/mol. The Hall–Kier alpha value is 0.648. The third kappa shape index (κ3) is 77.6. The van der Waals surface area contributed by atoms with Crippen molar-refractivity contribution in [2.75, 3.05) is 0 Å². The molecule has 0 heterocycles. The average molecular weight is 243 g/mol. The van der Waals surface area contributed by atoms with Crippen molar-refractivity contribution in [2.24, 2.45) is 5.73 Å². The molecule has 0 rings (SSSR count). The van der Waals surface area contributed by atoms with Gasteiger partial charge in [-0.2, -0.15) is 6.92 Å². The molecule has 0 aliphatic rings. The molecule has 5 heavy (non-hydrogen) atoms. The average Bonchev–Trinajstić information content (AvgIpc) is 1.50. The zero-order valence-electron chi connectivity index (χ0n) is 3.40. The summed E-state index contributed by atoms with van der Waals surface area (Å²) in [6.07, 6.45) is 0. The van der Waals surface area contributed by atoms with Gasteiger partial charge in [0.25, 0.3) is 0 Å². The second-order valence-corrected chi connectivity index (χ2v) is 0. The molecule has 0 unspecified atom stereocenters. The molecular formula is C3H9NW. The standard InChI is InChI=1S/C2H5.CH4N.W/c2*1-2;/h1H2,2H3;1-2H2;/q2*-1;+2. The third-order valence-electron chi connectivity index (χ3n) is 0. The van der Waals surface area contributed by atoms with Crippen LogP contribution in [0.2, 0.25) is 0 Å². The van der Waals surface area contributed by atoms with Gasteiger partial charge in [-0.05, 0) is 0 Å². The minimum absolute atomic E-state index is 0. The SMILES string of the molecule is [CH2-]C.[CH2-]N.[W+2]. The molecule has 0 fully saturated rings. The number of hydrogen-bond donors (Lipinski definition) is 1. The first kappa shape index (κ1) is 17.4. The van der Waals surface area contributed by atoms with E-state index in [0.717, 1.165) is 0 Å². The summed E-state index contributed by atoms with van der Waals surface area (Å²) in [6, 6.07) is 0. The van der Waals surface area contributed by atoms with Gasteiger partial charge in [0, 0.05) is 0 Å². The summed E-state index contributed by atoms with van der Waals surface area (Å²) in [6.45, 7) is 5.00. The Kier molecular flexibility index (Phi) is 512. The molecule has 0 aromatic rings. The van der Waals surface area contributed by atoms with E-state index in [9.17, 15) is 0 Å². The smallest absolute Gasteiger partial charge is 0.486 e. The summed E-state index contributed by atoms with van der Waals surface area (Å²) < 4.78 is 0. The molecule has 0 aromatic carbocycles. The van der Waals surface area contributed by atoms with Crippen LogP contribution in [0.25, 0.3) is 0 Å². The molecule has 0 spiro atoms. The van der Waals surface area contributed by atoms with Crippen molar-refractivity contribution in [3.05, 3.63) is 14.0 Å². The monoisotopic (exact) mass is 243 g/mol. The van der Waals surface area contributed by atoms with Crippen LogP contribution in [0.4, 0.5) is 0 Å². The molecule has 0 aliphatic heterocycles. The van der Waals surface area contributed by atoms with Crippen molar-refractivity contribution >= 4 is 0 Å². The summed E-state index contributed by atoms with van der Waals surface area (Å²) in [5.74, 6) is 0. The molecule has 0 aromatic heterocycles. The fourth-order valence-corrected chi connectivity index (χ4v) is 0. The van der Waals surface area contributed by atoms with Crippen molar-refractivity contribution in [1.29, 1.82) is 0 Å². The largest absolute Gasteiger partial charge is 2.00 e. The van der Waals surface area contributed by atoms with Crippen LogP contribution in [-0.2, 0) is 21.1 Å². The van der Waals surface area contributed by atoms with Crippen LogP contribution in [0.3, 0.4) is 0 Å². The van der Waals surface area contributed by atoms with E-state index in [2.05, 4.69) is 19.7 Å². The van der Waals surface area contributed by atoms with Crippen LogP contribution < -0.4 is 5.73 Å². The normalized spacial score (nSPS) is 2.40. The topological polar surface area (TPSA) is 26.0 Å². The van der Waals surface area contributed by atoms with Crippen LogP contribution >= 0.6 is 0 Å². The third-order valence-corrected chi connectivity index (χ3v) is 0. The Morgan fingerprint density at radius 3 is 1.20 bits per heavy atom. The van der Waals surface area contributed by atoms with Gasteiger partial charge in [-0.1, -0.05) is 0 Å². The maximum atomic E-state index is 4.25. The summed E-state index contributed by atoms with van der Waals surface area (Å²) in [5.41, 5.74) is 4.25. The molecule has 32 valence electrons. The molecule has 0 saturated carbocycles. The van der Waals surface area contributed by atoms with E-state index >= 15 is 0 Å². The molecular weight excluding hydrogens is 234 g/mol. The van der Waals surface area contributed by atoms with Gasteiger partial charge in [-0.25, -0.2) is 0 Å². The van der Waals surface area contributed by atoms with Crippen molar-refractivity contribution in [2.45, 2.75) is 6.92 Å². The van der Waals surface area contributed by atoms with E-state index in [4.69, 9.17) is 0 Å². The van der Waals surface area contributed by atoms with Crippen LogP contribution in [0.1, 0.15) is 6.92 Å². The fourth-order valence-electron chi connectivity index (χ4n) is 0.